The zero-order valence-corrected chi connectivity index (χ0v) is 7.55. The maximum Gasteiger partial charge on any atom is 0.136 e. The Morgan fingerprint density at radius 1 is 1.38 bits per heavy atom. The first-order chi connectivity index (χ1) is 6.16. The van der Waals surface area contributed by atoms with E-state index in [4.69, 9.17) is 11.5 Å². The number of allylic oxidation sites excluding steroid dienone is 3. The van der Waals surface area contributed by atoms with E-state index in [1.807, 2.05) is 6.08 Å². The first-order valence-electron chi connectivity index (χ1n) is 4.63. The highest BCUT2D eigenvalue weighted by Crippen LogP contribution is 2.35. The van der Waals surface area contributed by atoms with Gasteiger partial charge in [-0.25, -0.2) is 0 Å². The quantitative estimate of drug-likeness (QED) is 0.577. The van der Waals surface area contributed by atoms with Gasteiger partial charge in [0.05, 0.1) is 5.70 Å². The highest BCUT2D eigenvalue weighted by atomic mass is 16.1. The molecule has 70 valence electrons. The molecular weight excluding hydrogens is 164 g/mol. The van der Waals surface area contributed by atoms with Gasteiger partial charge in [0.15, 0.2) is 0 Å². The third-order valence-electron chi connectivity index (χ3n) is 2.88. The number of nitrogens with two attached hydrogens (primary N) is 2. The first kappa shape index (κ1) is 8.35. The van der Waals surface area contributed by atoms with Gasteiger partial charge in [0.2, 0.25) is 0 Å². The van der Waals surface area contributed by atoms with Crippen LogP contribution in [0.5, 0.6) is 0 Å². The van der Waals surface area contributed by atoms with Gasteiger partial charge >= 0.3 is 0 Å². The van der Waals surface area contributed by atoms with E-state index in [1.54, 1.807) is 0 Å². The average Bonchev–Trinajstić information content (AvgIpc) is 2.08. The lowest BCUT2D eigenvalue weighted by molar-refractivity contribution is -0.119. The molecule has 13 heavy (non-hydrogen) atoms. The summed E-state index contributed by atoms with van der Waals surface area (Å²) in [4.78, 5) is 11.2. The maximum absolute atomic E-state index is 11.2. The van der Waals surface area contributed by atoms with Crippen LogP contribution in [0.1, 0.15) is 25.7 Å². The normalized spacial score (nSPS) is 28.5. The van der Waals surface area contributed by atoms with Gasteiger partial charge in [-0.3, -0.25) is 4.79 Å². The third-order valence-corrected chi connectivity index (χ3v) is 2.88. The van der Waals surface area contributed by atoms with Gasteiger partial charge in [-0.15, -0.1) is 0 Å². The van der Waals surface area contributed by atoms with Crippen LogP contribution in [0, 0.1) is 5.92 Å². The standard InChI is InChI=1S/C10H14N2O/c11-9-4-6-1-2-8(13)3-7(6)5-10(9)12/h5-6H,1-4,11-12H2. The molecule has 3 nitrogen and oxygen atoms in total. The molecule has 1 unspecified atom stereocenters. The number of hydrogen-bond acceptors (Lipinski definition) is 3. The van der Waals surface area contributed by atoms with Crippen molar-refractivity contribution in [1.82, 2.24) is 0 Å². The summed E-state index contributed by atoms with van der Waals surface area (Å²) in [6, 6.07) is 0. The minimum atomic E-state index is 0.329. The molecule has 0 aromatic carbocycles. The number of carbonyl (C=O) groups is 1. The first-order valence-corrected chi connectivity index (χ1v) is 4.63. The summed E-state index contributed by atoms with van der Waals surface area (Å²) in [6.45, 7) is 0. The number of fused-ring (bicyclic) bond motifs is 1. The Kier molecular flexibility index (Phi) is 1.87. The number of Topliss-reactive ketones (excluding diaryl/α,β-unsaturated/α-hetero) is 1. The molecule has 2 aliphatic rings. The van der Waals surface area contributed by atoms with E-state index in [-0.39, 0.29) is 0 Å². The Morgan fingerprint density at radius 2 is 2.15 bits per heavy atom. The molecule has 3 heteroatoms. The van der Waals surface area contributed by atoms with E-state index >= 15 is 0 Å². The van der Waals surface area contributed by atoms with Crippen LogP contribution in [0.25, 0.3) is 0 Å². The van der Waals surface area contributed by atoms with E-state index in [0.29, 0.717) is 30.2 Å². The summed E-state index contributed by atoms with van der Waals surface area (Å²) >= 11 is 0. The van der Waals surface area contributed by atoms with E-state index in [0.717, 1.165) is 18.5 Å². The largest absolute Gasteiger partial charge is 0.400 e. The van der Waals surface area contributed by atoms with Crippen LogP contribution in [-0.4, -0.2) is 5.78 Å². The van der Waals surface area contributed by atoms with Crippen molar-refractivity contribution in [1.29, 1.82) is 0 Å². The van der Waals surface area contributed by atoms with Gasteiger partial charge in [0.1, 0.15) is 5.78 Å². The molecule has 0 saturated heterocycles. The van der Waals surface area contributed by atoms with Crippen molar-refractivity contribution in [2.75, 3.05) is 0 Å². The lowest BCUT2D eigenvalue weighted by atomic mass is 9.78. The second kappa shape index (κ2) is 2.91. The van der Waals surface area contributed by atoms with Crippen LogP contribution < -0.4 is 11.5 Å². The van der Waals surface area contributed by atoms with E-state index in [1.165, 1.54) is 5.57 Å². The van der Waals surface area contributed by atoms with Crippen molar-refractivity contribution in [3.63, 3.8) is 0 Å². The number of hydrogen-bond donors (Lipinski definition) is 2. The van der Waals surface area contributed by atoms with Gasteiger partial charge < -0.3 is 11.5 Å². The predicted octanol–water partition coefficient (Wildman–Crippen LogP) is 0.815. The topological polar surface area (TPSA) is 69.1 Å². The monoisotopic (exact) mass is 178 g/mol. The highest BCUT2D eigenvalue weighted by Gasteiger charge is 2.27. The fraction of sp³-hybridized carbons (Fsp3) is 0.500. The fourth-order valence-electron chi connectivity index (χ4n) is 2.06. The zero-order chi connectivity index (χ0) is 9.42. The van der Waals surface area contributed by atoms with Gasteiger partial charge in [-0.2, -0.15) is 0 Å². The van der Waals surface area contributed by atoms with Crippen molar-refractivity contribution in [2.24, 2.45) is 17.4 Å². The number of ketones is 1. The Labute approximate surface area is 77.5 Å². The lowest BCUT2D eigenvalue weighted by Gasteiger charge is -2.28. The summed E-state index contributed by atoms with van der Waals surface area (Å²) in [6.07, 6.45) is 4.96. The molecule has 0 amide bonds. The SMILES string of the molecule is NC1=C(N)CC2CCC(=O)CC2=C1. The van der Waals surface area contributed by atoms with Crippen molar-refractivity contribution in [3.05, 3.63) is 23.0 Å². The van der Waals surface area contributed by atoms with E-state index in [9.17, 15) is 4.79 Å². The van der Waals surface area contributed by atoms with Crippen LogP contribution in [0.15, 0.2) is 23.0 Å². The molecule has 0 bridgehead atoms. The molecular formula is C10H14N2O. The lowest BCUT2D eigenvalue weighted by Crippen LogP contribution is -2.24. The molecule has 0 spiro atoms. The van der Waals surface area contributed by atoms with Crippen molar-refractivity contribution >= 4 is 5.78 Å². The van der Waals surface area contributed by atoms with Crippen molar-refractivity contribution in [3.8, 4) is 0 Å². The molecule has 1 atom stereocenters. The summed E-state index contributed by atoms with van der Waals surface area (Å²) in [5.74, 6) is 0.806. The van der Waals surface area contributed by atoms with Crippen LogP contribution in [-0.2, 0) is 4.79 Å². The number of rotatable bonds is 0. The molecule has 2 aliphatic carbocycles. The summed E-state index contributed by atoms with van der Waals surface area (Å²) in [7, 11) is 0. The van der Waals surface area contributed by atoms with Crippen LogP contribution in [0.4, 0.5) is 0 Å². The molecule has 1 fully saturated rings. The molecule has 1 saturated carbocycles. The van der Waals surface area contributed by atoms with Crippen molar-refractivity contribution in [2.45, 2.75) is 25.7 Å². The average molecular weight is 178 g/mol. The van der Waals surface area contributed by atoms with Crippen LogP contribution in [0.3, 0.4) is 0 Å². The molecule has 0 heterocycles. The minimum absolute atomic E-state index is 0.329. The molecule has 0 aromatic heterocycles. The molecule has 2 rings (SSSR count). The minimum Gasteiger partial charge on any atom is -0.400 e. The van der Waals surface area contributed by atoms with Gasteiger partial charge in [-0.1, -0.05) is 5.57 Å². The summed E-state index contributed by atoms with van der Waals surface area (Å²) in [5.41, 5.74) is 14.1. The smallest absolute Gasteiger partial charge is 0.136 e. The molecule has 4 N–H and O–H groups in total. The third kappa shape index (κ3) is 1.46. The van der Waals surface area contributed by atoms with Gasteiger partial charge in [0.25, 0.3) is 0 Å². The summed E-state index contributed by atoms with van der Waals surface area (Å²) in [5, 5.41) is 0. The summed E-state index contributed by atoms with van der Waals surface area (Å²) < 4.78 is 0. The Bertz CT molecular complexity index is 315. The van der Waals surface area contributed by atoms with E-state index < -0.39 is 0 Å². The Hall–Kier alpha value is -1.25. The van der Waals surface area contributed by atoms with Gasteiger partial charge in [-0.05, 0) is 24.8 Å². The van der Waals surface area contributed by atoms with Crippen LogP contribution >= 0.6 is 0 Å². The Balaban J connectivity index is 2.26. The Morgan fingerprint density at radius 3 is 2.92 bits per heavy atom. The van der Waals surface area contributed by atoms with Crippen LogP contribution in [0.2, 0.25) is 0 Å². The zero-order valence-electron chi connectivity index (χ0n) is 7.55. The molecule has 0 aliphatic heterocycles. The fourth-order valence-corrected chi connectivity index (χ4v) is 2.06. The van der Waals surface area contributed by atoms with Crippen molar-refractivity contribution < 1.29 is 4.79 Å². The second-order valence-electron chi connectivity index (χ2n) is 3.86. The molecule has 0 radical (unpaired) electrons. The predicted molar refractivity (Wildman–Crippen MR) is 50.4 cm³/mol. The van der Waals surface area contributed by atoms with Gasteiger partial charge in [0, 0.05) is 18.5 Å². The van der Waals surface area contributed by atoms with E-state index in [2.05, 4.69) is 0 Å². The number of carbonyl (C=O) groups excluding carboxylic acids is 1. The highest BCUT2D eigenvalue weighted by molar-refractivity contribution is 5.82. The maximum atomic E-state index is 11.2. The molecule has 0 aromatic rings. The second-order valence-corrected chi connectivity index (χ2v) is 3.86.